The molecule has 17 heavy (non-hydrogen) atoms. The Morgan fingerprint density at radius 2 is 2.24 bits per heavy atom. The summed E-state index contributed by atoms with van der Waals surface area (Å²) in [5.74, 6) is -0.120. The molecule has 1 aliphatic rings. The third-order valence-corrected chi connectivity index (χ3v) is 4.02. The number of benzene rings is 1. The smallest absolute Gasteiger partial charge is 0.252 e. The molecule has 0 unspecified atom stereocenters. The summed E-state index contributed by atoms with van der Waals surface area (Å²) in [7, 11) is 0. The molecule has 1 aromatic carbocycles. The SMILES string of the molecule is NC1(CNC(=O)c2ccc(Cl)cc2Br)CCC1. The molecule has 1 fully saturated rings. The second kappa shape index (κ2) is 4.96. The first-order valence-corrected chi connectivity index (χ1v) is 6.69. The zero-order valence-corrected chi connectivity index (χ0v) is 11.6. The standard InChI is InChI=1S/C12H14BrClN2O/c13-10-6-8(14)2-3-9(10)11(17)16-7-12(15)4-1-5-12/h2-3,6H,1,4-5,7,15H2,(H,16,17). The maximum absolute atomic E-state index is 11.9. The summed E-state index contributed by atoms with van der Waals surface area (Å²) in [6, 6.07) is 5.10. The summed E-state index contributed by atoms with van der Waals surface area (Å²) in [5, 5.41) is 3.46. The molecule has 0 bridgehead atoms. The molecule has 0 radical (unpaired) electrons. The minimum Gasteiger partial charge on any atom is -0.350 e. The molecule has 3 N–H and O–H groups in total. The van der Waals surface area contributed by atoms with Gasteiger partial charge in [-0.2, -0.15) is 0 Å². The van der Waals surface area contributed by atoms with Gasteiger partial charge in [0.05, 0.1) is 5.56 Å². The summed E-state index contributed by atoms with van der Waals surface area (Å²) in [4.78, 5) is 11.9. The molecule has 3 nitrogen and oxygen atoms in total. The molecule has 0 spiro atoms. The van der Waals surface area contributed by atoms with Crippen molar-refractivity contribution in [1.29, 1.82) is 0 Å². The molecule has 1 aromatic rings. The molecule has 1 aliphatic carbocycles. The lowest BCUT2D eigenvalue weighted by Gasteiger charge is -2.38. The maximum Gasteiger partial charge on any atom is 0.252 e. The normalized spacial score (nSPS) is 17.4. The Kier molecular flexibility index (Phi) is 3.76. The molecule has 0 atom stereocenters. The van der Waals surface area contributed by atoms with Crippen LogP contribution in [0.4, 0.5) is 0 Å². The fraction of sp³-hybridized carbons (Fsp3) is 0.417. The highest BCUT2D eigenvalue weighted by Crippen LogP contribution is 2.28. The molecule has 5 heteroatoms. The van der Waals surface area contributed by atoms with Crippen LogP contribution in [0.25, 0.3) is 0 Å². The van der Waals surface area contributed by atoms with Gasteiger partial charge in [0.1, 0.15) is 0 Å². The van der Waals surface area contributed by atoms with Gasteiger partial charge < -0.3 is 11.1 Å². The van der Waals surface area contributed by atoms with Gasteiger partial charge in [0.15, 0.2) is 0 Å². The average molecular weight is 318 g/mol. The molecule has 0 aliphatic heterocycles. The summed E-state index contributed by atoms with van der Waals surface area (Å²) in [6.07, 6.45) is 3.11. The third kappa shape index (κ3) is 3.00. The number of rotatable bonds is 3. The van der Waals surface area contributed by atoms with Crippen LogP contribution >= 0.6 is 27.5 Å². The van der Waals surface area contributed by atoms with Crippen molar-refractivity contribution >= 4 is 33.4 Å². The van der Waals surface area contributed by atoms with Crippen molar-refractivity contribution in [3.05, 3.63) is 33.3 Å². The van der Waals surface area contributed by atoms with Crippen molar-refractivity contribution in [1.82, 2.24) is 5.32 Å². The van der Waals surface area contributed by atoms with Crippen LogP contribution < -0.4 is 11.1 Å². The van der Waals surface area contributed by atoms with Gasteiger partial charge in [0, 0.05) is 21.6 Å². The fourth-order valence-corrected chi connectivity index (χ4v) is 2.70. The van der Waals surface area contributed by atoms with Gasteiger partial charge in [0.2, 0.25) is 0 Å². The maximum atomic E-state index is 11.9. The fourth-order valence-electron chi connectivity index (χ4n) is 1.83. The van der Waals surface area contributed by atoms with Crippen molar-refractivity contribution < 1.29 is 4.79 Å². The summed E-state index contributed by atoms with van der Waals surface area (Å²) in [5.41, 5.74) is 6.42. The number of halogens is 2. The molecule has 0 saturated heterocycles. The Balaban J connectivity index is 1.99. The Labute approximate surface area is 114 Å². The van der Waals surface area contributed by atoms with Crippen LogP contribution in [0.2, 0.25) is 5.02 Å². The molecule has 0 heterocycles. The van der Waals surface area contributed by atoms with E-state index in [4.69, 9.17) is 17.3 Å². The molecule has 2 rings (SSSR count). The van der Waals surface area contributed by atoms with Gasteiger partial charge in [0.25, 0.3) is 5.91 Å². The number of hydrogen-bond acceptors (Lipinski definition) is 2. The summed E-state index contributed by atoms with van der Waals surface area (Å²) < 4.78 is 0.696. The van der Waals surface area contributed by atoms with Crippen molar-refractivity contribution in [2.45, 2.75) is 24.8 Å². The van der Waals surface area contributed by atoms with Gasteiger partial charge >= 0.3 is 0 Å². The van der Waals surface area contributed by atoms with Gasteiger partial charge in [-0.25, -0.2) is 0 Å². The predicted molar refractivity (Wildman–Crippen MR) is 72.3 cm³/mol. The number of carbonyl (C=O) groups is 1. The second-order valence-corrected chi connectivity index (χ2v) is 5.81. The van der Waals surface area contributed by atoms with E-state index < -0.39 is 0 Å². The van der Waals surface area contributed by atoms with Crippen LogP contribution in [0.3, 0.4) is 0 Å². The summed E-state index contributed by atoms with van der Waals surface area (Å²) in [6.45, 7) is 0.529. The largest absolute Gasteiger partial charge is 0.350 e. The van der Waals surface area contributed by atoms with E-state index in [1.807, 2.05) is 0 Å². The van der Waals surface area contributed by atoms with Crippen LogP contribution in [0, 0.1) is 0 Å². The minimum absolute atomic E-state index is 0.120. The Bertz CT molecular complexity index is 446. The highest BCUT2D eigenvalue weighted by atomic mass is 79.9. The Morgan fingerprint density at radius 1 is 1.53 bits per heavy atom. The monoisotopic (exact) mass is 316 g/mol. The quantitative estimate of drug-likeness (QED) is 0.900. The van der Waals surface area contributed by atoms with Crippen LogP contribution in [0.5, 0.6) is 0 Å². The van der Waals surface area contributed by atoms with E-state index in [9.17, 15) is 4.79 Å². The van der Waals surface area contributed by atoms with E-state index in [2.05, 4.69) is 21.2 Å². The molecular weight excluding hydrogens is 304 g/mol. The zero-order chi connectivity index (χ0) is 12.5. The average Bonchev–Trinajstić information content (AvgIpc) is 2.23. The lowest BCUT2D eigenvalue weighted by molar-refractivity contribution is 0.0929. The van der Waals surface area contributed by atoms with Gasteiger partial charge in [-0.3, -0.25) is 4.79 Å². The Morgan fingerprint density at radius 3 is 2.76 bits per heavy atom. The number of carbonyl (C=O) groups excluding carboxylic acids is 1. The first kappa shape index (κ1) is 12.9. The summed E-state index contributed by atoms with van der Waals surface area (Å²) >= 11 is 9.14. The minimum atomic E-state index is -0.200. The highest BCUT2D eigenvalue weighted by Gasteiger charge is 2.32. The zero-order valence-electron chi connectivity index (χ0n) is 9.30. The number of amides is 1. The van der Waals surface area contributed by atoms with Gasteiger partial charge in [-0.05, 0) is 53.4 Å². The predicted octanol–water partition coefficient (Wildman–Crippen LogP) is 2.71. The number of nitrogens with one attached hydrogen (secondary N) is 1. The molecule has 92 valence electrons. The topological polar surface area (TPSA) is 55.1 Å². The molecular formula is C12H14BrClN2O. The Hall–Kier alpha value is -0.580. The van der Waals surface area contributed by atoms with E-state index in [-0.39, 0.29) is 11.4 Å². The first-order valence-electron chi connectivity index (χ1n) is 5.52. The second-order valence-electron chi connectivity index (χ2n) is 4.52. The van der Waals surface area contributed by atoms with E-state index in [1.165, 1.54) is 0 Å². The van der Waals surface area contributed by atoms with Crippen LogP contribution in [0.15, 0.2) is 22.7 Å². The molecule has 0 aromatic heterocycles. The van der Waals surface area contributed by atoms with Crippen LogP contribution in [0.1, 0.15) is 29.6 Å². The molecule has 1 amide bonds. The highest BCUT2D eigenvalue weighted by molar-refractivity contribution is 9.10. The van der Waals surface area contributed by atoms with Crippen LogP contribution in [-0.4, -0.2) is 18.0 Å². The van der Waals surface area contributed by atoms with E-state index in [1.54, 1.807) is 18.2 Å². The van der Waals surface area contributed by atoms with Crippen molar-refractivity contribution in [2.75, 3.05) is 6.54 Å². The van der Waals surface area contributed by atoms with Crippen molar-refractivity contribution in [3.8, 4) is 0 Å². The van der Waals surface area contributed by atoms with Gasteiger partial charge in [-0.1, -0.05) is 11.6 Å². The van der Waals surface area contributed by atoms with E-state index >= 15 is 0 Å². The third-order valence-electron chi connectivity index (χ3n) is 3.13. The van der Waals surface area contributed by atoms with Crippen molar-refractivity contribution in [2.24, 2.45) is 5.73 Å². The first-order chi connectivity index (χ1) is 8.00. The van der Waals surface area contributed by atoms with Gasteiger partial charge in [-0.15, -0.1) is 0 Å². The lowest BCUT2D eigenvalue weighted by Crippen LogP contribution is -2.54. The number of nitrogens with two attached hydrogens (primary N) is 1. The van der Waals surface area contributed by atoms with Crippen molar-refractivity contribution in [3.63, 3.8) is 0 Å². The lowest BCUT2D eigenvalue weighted by atomic mass is 9.78. The van der Waals surface area contributed by atoms with E-state index in [0.717, 1.165) is 19.3 Å². The van der Waals surface area contributed by atoms with Crippen LogP contribution in [-0.2, 0) is 0 Å². The molecule has 1 saturated carbocycles. The van der Waals surface area contributed by atoms with E-state index in [0.29, 0.717) is 21.6 Å². The number of hydrogen-bond donors (Lipinski definition) is 2.